The molecule has 3 heteroatoms. The van der Waals surface area contributed by atoms with E-state index in [9.17, 15) is 4.79 Å². The first-order chi connectivity index (χ1) is 9.08. The first kappa shape index (κ1) is 14.1. The second kappa shape index (κ2) is 6.20. The van der Waals surface area contributed by atoms with E-state index in [1.165, 1.54) is 18.4 Å². The average Bonchev–Trinajstić information content (AvgIpc) is 2.80. The van der Waals surface area contributed by atoms with Crippen molar-refractivity contribution in [2.24, 2.45) is 0 Å². The third-order valence-electron chi connectivity index (χ3n) is 3.84. The van der Waals surface area contributed by atoms with Crippen LogP contribution in [0.3, 0.4) is 0 Å². The molecular formula is C16H24N2O. The normalized spacial score (nSPS) is 18.6. The number of amides is 1. The topological polar surface area (TPSA) is 41.1 Å². The lowest BCUT2D eigenvalue weighted by atomic mass is 9.99. The summed E-state index contributed by atoms with van der Waals surface area (Å²) >= 11 is 0. The summed E-state index contributed by atoms with van der Waals surface area (Å²) in [5.74, 6) is 0.0630. The van der Waals surface area contributed by atoms with Crippen molar-refractivity contribution >= 4 is 5.91 Å². The second-order valence-corrected chi connectivity index (χ2v) is 5.61. The molecule has 0 saturated carbocycles. The number of carbonyl (C=O) groups is 1. The molecular weight excluding hydrogens is 236 g/mol. The van der Waals surface area contributed by atoms with Crippen molar-refractivity contribution in [1.29, 1.82) is 0 Å². The minimum absolute atomic E-state index is 0.0630. The van der Waals surface area contributed by atoms with Gasteiger partial charge in [-0.15, -0.1) is 0 Å². The minimum atomic E-state index is 0.0630. The summed E-state index contributed by atoms with van der Waals surface area (Å²) in [6.45, 7) is 7.95. The molecule has 2 N–H and O–H groups in total. The summed E-state index contributed by atoms with van der Waals surface area (Å²) < 4.78 is 0. The van der Waals surface area contributed by atoms with Crippen LogP contribution in [0.4, 0.5) is 0 Å². The number of aryl methyl sites for hydroxylation is 3. The summed E-state index contributed by atoms with van der Waals surface area (Å²) in [4.78, 5) is 12.2. The van der Waals surface area contributed by atoms with E-state index in [0.717, 1.165) is 36.2 Å². The fourth-order valence-corrected chi connectivity index (χ4v) is 2.99. The zero-order valence-electron chi connectivity index (χ0n) is 12.2. The van der Waals surface area contributed by atoms with Gasteiger partial charge in [0.25, 0.3) is 5.91 Å². The smallest absolute Gasteiger partial charge is 0.251 e. The standard InChI is InChI=1S/C16H24N2O/c1-11-9-12(2)15(13(3)10-11)16(19)18-8-6-14-5-4-7-17-14/h9-10,14,17H,4-8H2,1-3H3,(H,18,19)/t14-/m1/s1. The lowest BCUT2D eigenvalue weighted by molar-refractivity contribution is 0.0951. The molecule has 1 fully saturated rings. The Morgan fingerprint density at radius 1 is 1.32 bits per heavy atom. The van der Waals surface area contributed by atoms with Crippen molar-refractivity contribution in [3.63, 3.8) is 0 Å². The van der Waals surface area contributed by atoms with Crippen LogP contribution in [0.5, 0.6) is 0 Å². The number of carbonyl (C=O) groups excluding carboxylic acids is 1. The number of hydrogen-bond acceptors (Lipinski definition) is 2. The van der Waals surface area contributed by atoms with E-state index in [1.807, 2.05) is 13.8 Å². The first-order valence-corrected chi connectivity index (χ1v) is 7.17. The Balaban J connectivity index is 1.92. The molecule has 104 valence electrons. The molecule has 1 aromatic carbocycles. The van der Waals surface area contributed by atoms with Gasteiger partial charge >= 0.3 is 0 Å². The molecule has 1 aliphatic heterocycles. The Bertz CT molecular complexity index is 439. The highest BCUT2D eigenvalue weighted by Gasteiger charge is 2.15. The molecule has 1 amide bonds. The van der Waals surface area contributed by atoms with Crippen LogP contribution in [0.15, 0.2) is 12.1 Å². The summed E-state index contributed by atoms with van der Waals surface area (Å²) in [5.41, 5.74) is 4.18. The van der Waals surface area contributed by atoms with Gasteiger partial charge in [0.05, 0.1) is 0 Å². The molecule has 0 unspecified atom stereocenters. The van der Waals surface area contributed by atoms with E-state index in [0.29, 0.717) is 6.04 Å². The Kier molecular flexibility index (Phi) is 4.59. The maximum atomic E-state index is 12.2. The summed E-state index contributed by atoms with van der Waals surface area (Å²) in [7, 11) is 0. The van der Waals surface area contributed by atoms with E-state index in [2.05, 4.69) is 29.7 Å². The summed E-state index contributed by atoms with van der Waals surface area (Å²) in [6, 6.07) is 4.72. The van der Waals surface area contributed by atoms with Gasteiger partial charge in [0.1, 0.15) is 0 Å². The van der Waals surface area contributed by atoms with E-state index in [-0.39, 0.29) is 5.91 Å². The molecule has 0 aliphatic carbocycles. The lowest BCUT2D eigenvalue weighted by Crippen LogP contribution is -2.31. The highest BCUT2D eigenvalue weighted by atomic mass is 16.1. The summed E-state index contributed by atoms with van der Waals surface area (Å²) in [5, 5.41) is 6.50. The molecule has 19 heavy (non-hydrogen) atoms. The van der Waals surface area contributed by atoms with E-state index in [4.69, 9.17) is 0 Å². The Hall–Kier alpha value is -1.35. The van der Waals surface area contributed by atoms with Crippen LogP contribution >= 0.6 is 0 Å². The zero-order valence-corrected chi connectivity index (χ0v) is 12.2. The number of benzene rings is 1. The molecule has 2 rings (SSSR count). The molecule has 0 radical (unpaired) electrons. The molecule has 1 aromatic rings. The van der Waals surface area contributed by atoms with Crippen molar-refractivity contribution in [1.82, 2.24) is 10.6 Å². The monoisotopic (exact) mass is 260 g/mol. The van der Waals surface area contributed by atoms with Gasteiger partial charge in [-0.25, -0.2) is 0 Å². The van der Waals surface area contributed by atoms with Crippen molar-refractivity contribution in [2.75, 3.05) is 13.1 Å². The molecule has 0 spiro atoms. The highest BCUT2D eigenvalue weighted by molar-refractivity contribution is 5.97. The highest BCUT2D eigenvalue weighted by Crippen LogP contribution is 2.16. The van der Waals surface area contributed by atoms with Crippen LogP contribution < -0.4 is 10.6 Å². The SMILES string of the molecule is Cc1cc(C)c(C(=O)NCC[C@H]2CCCN2)c(C)c1. The maximum absolute atomic E-state index is 12.2. The van der Waals surface area contributed by atoms with Gasteiger partial charge in [-0.1, -0.05) is 17.7 Å². The van der Waals surface area contributed by atoms with Gasteiger partial charge in [-0.2, -0.15) is 0 Å². The number of rotatable bonds is 4. The largest absolute Gasteiger partial charge is 0.352 e. The lowest BCUT2D eigenvalue weighted by Gasteiger charge is -2.13. The van der Waals surface area contributed by atoms with Crippen molar-refractivity contribution < 1.29 is 4.79 Å². The van der Waals surface area contributed by atoms with E-state index < -0.39 is 0 Å². The fourth-order valence-electron chi connectivity index (χ4n) is 2.99. The van der Waals surface area contributed by atoms with Crippen molar-refractivity contribution in [3.05, 3.63) is 34.4 Å². The van der Waals surface area contributed by atoms with Crippen molar-refractivity contribution in [2.45, 2.75) is 46.1 Å². The van der Waals surface area contributed by atoms with Crippen LogP contribution in [0.2, 0.25) is 0 Å². The second-order valence-electron chi connectivity index (χ2n) is 5.61. The first-order valence-electron chi connectivity index (χ1n) is 7.17. The number of nitrogens with one attached hydrogen (secondary N) is 2. The van der Waals surface area contributed by atoms with Crippen LogP contribution in [0, 0.1) is 20.8 Å². The van der Waals surface area contributed by atoms with E-state index in [1.54, 1.807) is 0 Å². The third kappa shape index (κ3) is 3.57. The predicted octanol–water partition coefficient (Wildman–Crippen LogP) is 2.48. The van der Waals surface area contributed by atoms with Crippen LogP contribution in [0.1, 0.15) is 46.3 Å². The number of hydrogen-bond donors (Lipinski definition) is 2. The molecule has 1 heterocycles. The quantitative estimate of drug-likeness (QED) is 0.873. The van der Waals surface area contributed by atoms with Crippen LogP contribution in [-0.2, 0) is 0 Å². The Morgan fingerprint density at radius 2 is 2.00 bits per heavy atom. The van der Waals surface area contributed by atoms with Crippen LogP contribution in [0.25, 0.3) is 0 Å². The molecule has 1 saturated heterocycles. The Labute approximate surface area is 115 Å². The van der Waals surface area contributed by atoms with Gasteiger partial charge in [0.15, 0.2) is 0 Å². The zero-order chi connectivity index (χ0) is 13.8. The third-order valence-corrected chi connectivity index (χ3v) is 3.84. The van der Waals surface area contributed by atoms with Gasteiger partial charge in [0.2, 0.25) is 0 Å². The molecule has 3 nitrogen and oxygen atoms in total. The maximum Gasteiger partial charge on any atom is 0.251 e. The molecule has 0 bridgehead atoms. The van der Waals surface area contributed by atoms with Gasteiger partial charge < -0.3 is 10.6 Å². The van der Waals surface area contributed by atoms with Gasteiger partial charge in [0, 0.05) is 18.2 Å². The molecule has 0 aromatic heterocycles. The average molecular weight is 260 g/mol. The van der Waals surface area contributed by atoms with E-state index >= 15 is 0 Å². The van der Waals surface area contributed by atoms with Crippen molar-refractivity contribution in [3.8, 4) is 0 Å². The fraction of sp³-hybridized carbons (Fsp3) is 0.562. The van der Waals surface area contributed by atoms with Gasteiger partial charge in [-0.05, 0) is 57.7 Å². The van der Waals surface area contributed by atoms with Crippen LogP contribution in [-0.4, -0.2) is 25.0 Å². The summed E-state index contributed by atoms with van der Waals surface area (Å²) in [6.07, 6.45) is 3.52. The molecule has 1 atom stereocenters. The predicted molar refractivity (Wildman–Crippen MR) is 78.6 cm³/mol. The Morgan fingerprint density at radius 3 is 2.58 bits per heavy atom. The minimum Gasteiger partial charge on any atom is -0.352 e. The van der Waals surface area contributed by atoms with Gasteiger partial charge in [-0.3, -0.25) is 4.79 Å². The molecule has 1 aliphatic rings.